The van der Waals surface area contributed by atoms with Crippen molar-refractivity contribution in [3.63, 3.8) is 0 Å². The van der Waals surface area contributed by atoms with Crippen molar-refractivity contribution in [2.24, 2.45) is 5.92 Å². The normalized spacial score (nSPS) is 17.8. The van der Waals surface area contributed by atoms with Crippen LogP contribution in [0.4, 0.5) is 0 Å². The molecule has 1 amide bonds. The van der Waals surface area contributed by atoms with Gasteiger partial charge in [-0.15, -0.1) is 0 Å². The minimum Gasteiger partial charge on any atom is -0.493 e. The Morgan fingerprint density at radius 2 is 1.48 bits per heavy atom. The standard InChI is InChI=1S/C33H49N3O8/c1-9-13-36-22(3)28(25(10-2)29(23(36)4)33(39)43-8)31(37)35-16-11-14-34(17-18-35)15-12-19-44-32(38)24-20-26(40-5)30(42-7)27(21-24)41-6/h20-21,25H,9-19H2,1-8H3. The van der Waals surface area contributed by atoms with Crippen LogP contribution >= 0.6 is 0 Å². The van der Waals surface area contributed by atoms with Gasteiger partial charge in [-0.25, -0.2) is 9.59 Å². The van der Waals surface area contributed by atoms with Crippen LogP contribution in [0.25, 0.3) is 0 Å². The fraction of sp³-hybridized carbons (Fsp3) is 0.606. The van der Waals surface area contributed by atoms with E-state index in [1.165, 1.54) is 28.4 Å². The number of esters is 2. The lowest BCUT2D eigenvalue weighted by atomic mass is 9.82. The highest BCUT2D eigenvalue weighted by atomic mass is 16.5. The van der Waals surface area contributed by atoms with Crippen LogP contribution in [-0.2, 0) is 19.1 Å². The van der Waals surface area contributed by atoms with Crippen molar-refractivity contribution in [2.75, 3.05) is 74.3 Å². The van der Waals surface area contributed by atoms with Crippen molar-refractivity contribution < 1.29 is 38.1 Å². The molecule has 244 valence electrons. The summed E-state index contributed by atoms with van der Waals surface area (Å²) in [4.78, 5) is 46.0. The van der Waals surface area contributed by atoms with Crippen LogP contribution in [0.3, 0.4) is 0 Å². The molecule has 0 aliphatic carbocycles. The SMILES string of the molecule is CCCN1C(C)=C(C(=O)OC)C(CC)C(C(=O)N2CCCN(CCCOC(=O)c3cc(OC)c(OC)c(OC)c3)CC2)=C1C. The van der Waals surface area contributed by atoms with E-state index in [4.69, 9.17) is 23.7 Å². The smallest absolute Gasteiger partial charge is 0.338 e. The molecule has 2 aliphatic heterocycles. The van der Waals surface area contributed by atoms with Crippen molar-refractivity contribution in [3.05, 3.63) is 40.2 Å². The average molecular weight is 616 g/mol. The van der Waals surface area contributed by atoms with Gasteiger partial charge in [0.1, 0.15) is 0 Å². The summed E-state index contributed by atoms with van der Waals surface area (Å²) in [6, 6.07) is 3.15. The number of carbonyl (C=O) groups is 3. The Bertz CT molecular complexity index is 1230. The zero-order chi connectivity index (χ0) is 32.4. The molecule has 11 nitrogen and oxygen atoms in total. The molecule has 0 aromatic heterocycles. The Morgan fingerprint density at radius 1 is 0.818 bits per heavy atom. The Labute approximate surface area is 261 Å². The zero-order valence-corrected chi connectivity index (χ0v) is 27.6. The molecule has 0 bridgehead atoms. The van der Waals surface area contributed by atoms with Crippen molar-refractivity contribution >= 4 is 17.8 Å². The maximum Gasteiger partial charge on any atom is 0.338 e. The summed E-state index contributed by atoms with van der Waals surface area (Å²) < 4.78 is 26.7. The first kappa shape index (κ1) is 34.8. The van der Waals surface area contributed by atoms with Crippen LogP contribution in [0.15, 0.2) is 34.7 Å². The van der Waals surface area contributed by atoms with E-state index in [2.05, 4.69) is 16.7 Å². The van der Waals surface area contributed by atoms with Gasteiger partial charge in [-0.1, -0.05) is 13.8 Å². The second-order valence-electron chi connectivity index (χ2n) is 11.0. The van der Waals surface area contributed by atoms with Crippen LogP contribution in [0.2, 0.25) is 0 Å². The monoisotopic (exact) mass is 615 g/mol. The summed E-state index contributed by atoms with van der Waals surface area (Å²) in [5.41, 5.74) is 3.38. The van der Waals surface area contributed by atoms with E-state index < -0.39 is 5.97 Å². The summed E-state index contributed by atoms with van der Waals surface area (Å²) in [5.74, 6) is 0.0326. The van der Waals surface area contributed by atoms with Crippen LogP contribution in [-0.4, -0.2) is 107 Å². The Morgan fingerprint density at radius 3 is 2.05 bits per heavy atom. The molecule has 1 atom stereocenters. The topological polar surface area (TPSA) is 107 Å². The highest BCUT2D eigenvalue weighted by Gasteiger charge is 2.39. The lowest BCUT2D eigenvalue weighted by Gasteiger charge is -2.39. The molecule has 3 rings (SSSR count). The first-order valence-corrected chi connectivity index (χ1v) is 15.4. The quantitative estimate of drug-likeness (QED) is 0.236. The van der Waals surface area contributed by atoms with Crippen LogP contribution in [0.5, 0.6) is 17.2 Å². The zero-order valence-electron chi connectivity index (χ0n) is 27.6. The third kappa shape index (κ3) is 7.67. The molecule has 1 aromatic rings. The molecular formula is C33H49N3O8. The summed E-state index contributed by atoms with van der Waals surface area (Å²) in [6.07, 6.45) is 3.01. The van der Waals surface area contributed by atoms with Gasteiger partial charge in [-0.3, -0.25) is 4.79 Å². The van der Waals surface area contributed by atoms with Crippen molar-refractivity contribution in [2.45, 2.75) is 53.4 Å². The highest BCUT2D eigenvalue weighted by Crippen LogP contribution is 2.39. The molecule has 0 radical (unpaired) electrons. The lowest BCUT2D eigenvalue weighted by molar-refractivity contribution is -0.137. The third-order valence-corrected chi connectivity index (χ3v) is 8.41. The van der Waals surface area contributed by atoms with E-state index in [9.17, 15) is 14.4 Å². The van der Waals surface area contributed by atoms with E-state index in [1.54, 1.807) is 12.1 Å². The number of hydrogen-bond donors (Lipinski definition) is 0. The number of rotatable bonds is 13. The van der Waals surface area contributed by atoms with Gasteiger partial charge in [0.15, 0.2) is 11.5 Å². The summed E-state index contributed by atoms with van der Waals surface area (Å²) in [5, 5.41) is 0. The molecule has 0 saturated carbocycles. The number of amides is 1. The van der Waals surface area contributed by atoms with E-state index in [0.717, 1.165) is 43.9 Å². The van der Waals surface area contributed by atoms with Crippen molar-refractivity contribution in [1.82, 2.24) is 14.7 Å². The molecule has 2 heterocycles. The first-order chi connectivity index (χ1) is 21.2. The lowest BCUT2D eigenvalue weighted by Crippen LogP contribution is -2.42. The van der Waals surface area contributed by atoms with Crippen LogP contribution in [0.1, 0.15) is 63.7 Å². The summed E-state index contributed by atoms with van der Waals surface area (Å²) in [7, 11) is 5.89. The van der Waals surface area contributed by atoms with E-state index >= 15 is 0 Å². The second kappa shape index (κ2) is 16.4. The summed E-state index contributed by atoms with van der Waals surface area (Å²) >= 11 is 0. The van der Waals surface area contributed by atoms with Gasteiger partial charge in [0.2, 0.25) is 5.75 Å². The molecule has 1 aromatic carbocycles. The number of nitrogens with zero attached hydrogens (tertiary/aromatic N) is 3. The van der Waals surface area contributed by atoms with Gasteiger partial charge in [0, 0.05) is 55.6 Å². The largest absolute Gasteiger partial charge is 0.493 e. The number of benzene rings is 1. The van der Waals surface area contributed by atoms with E-state index in [-0.39, 0.29) is 24.4 Å². The molecule has 44 heavy (non-hydrogen) atoms. The van der Waals surface area contributed by atoms with Crippen LogP contribution < -0.4 is 14.2 Å². The molecule has 11 heteroatoms. The van der Waals surface area contributed by atoms with Gasteiger partial charge < -0.3 is 38.4 Å². The minimum absolute atomic E-state index is 0.00881. The molecule has 1 unspecified atom stereocenters. The second-order valence-corrected chi connectivity index (χ2v) is 11.0. The fourth-order valence-corrected chi connectivity index (χ4v) is 6.17. The van der Waals surface area contributed by atoms with Crippen LogP contribution in [0, 0.1) is 5.92 Å². The number of allylic oxidation sites excluding steroid dienone is 2. The van der Waals surface area contributed by atoms with Crippen molar-refractivity contribution in [1.29, 1.82) is 0 Å². The van der Waals surface area contributed by atoms with Gasteiger partial charge in [-0.05, 0) is 58.2 Å². The molecule has 1 saturated heterocycles. The van der Waals surface area contributed by atoms with Gasteiger partial charge in [-0.2, -0.15) is 0 Å². The summed E-state index contributed by atoms with van der Waals surface area (Å²) in [6.45, 7) is 12.5. The Hall–Kier alpha value is -3.73. The number of hydrogen-bond acceptors (Lipinski definition) is 10. The first-order valence-electron chi connectivity index (χ1n) is 15.4. The number of carbonyl (C=O) groups excluding carboxylic acids is 3. The van der Waals surface area contributed by atoms with E-state index in [0.29, 0.717) is 66.4 Å². The predicted molar refractivity (Wildman–Crippen MR) is 167 cm³/mol. The minimum atomic E-state index is -0.466. The van der Waals surface area contributed by atoms with Crippen molar-refractivity contribution in [3.8, 4) is 17.2 Å². The molecular weight excluding hydrogens is 566 g/mol. The number of methoxy groups -OCH3 is 4. The fourth-order valence-electron chi connectivity index (χ4n) is 6.17. The third-order valence-electron chi connectivity index (χ3n) is 8.41. The Balaban J connectivity index is 1.61. The Kier molecular flexibility index (Phi) is 12.9. The highest BCUT2D eigenvalue weighted by molar-refractivity contribution is 6.00. The molecule has 2 aliphatic rings. The molecule has 0 spiro atoms. The number of ether oxygens (including phenoxy) is 5. The average Bonchev–Trinajstić information content (AvgIpc) is 3.28. The maximum absolute atomic E-state index is 14.1. The van der Waals surface area contributed by atoms with E-state index in [1.807, 2.05) is 25.7 Å². The van der Waals surface area contributed by atoms with Gasteiger partial charge in [0.05, 0.1) is 46.2 Å². The maximum atomic E-state index is 14.1. The predicted octanol–water partition coefficient (Wildman–Crippen LogP) is 4.27. The molecule has 0 N–H and O–H groups in total. The molecule has 1 fully saturated rings. The van der Waals surface area contributed by atoms with Gasteiger partial charge in [0.25, 0.3) is 5.91 Å². The van der Waals surface area contributed by atoms with Gasteiger partial charge >= 0.3 is 11.9 Å².